The van der Waals surface area contributed by atoms with E-state index in [2.05, 4.69) is 0 Å². The zero-order valence-electron chi connectivity index (χ0n) is 14.7. The Bertz CT molecular complexity index is 879. The van der Waals surface area contributed by atoms with Crippen molar-refractivity contribution in [3.8, 4) is 5.75 Å². The van der Waals surface area contributed by atoms with Crippen molar-refractivity contribution in [2.45, 2.75) is 30.9 Å². The predicted octanol–water partition coefficient (Wildman–Crippen LogP) is 4.49. The van der Waals surface area contributed by atoms with Gasteiger partial charge in [0, 0.05) is 12.1 Å². The van der Waals surface area contributed by atoms with Gasteiger partial charge in [-0.05, 0) is 42.0 Å². The summed E-state index contributed by atoms with van der Waals surface area (Å²) in [6.45, 7) is -1.49. The number of halogens is 6. The minimum Gasteiger partial charge on any atom is -0.484 e. The number of aliphatic hydroxyl groups is 1. The number of carbonyl (C=O) groups excluding carboxylic acids is 1. The van der Waals surface area contributed by atoms with Crippen LogP contribution in [0.5, 0.6) is 5.75 Å². The van der Waals surface area contributed by atoms with E-state index < -0.39 is 42.6 Å². The molecule has 0 aromatic heterocycles. The first kappa shape index (κ1) is 21.0. The van der Waals surface area contributed by atoms with E-state index in [9.17, 15) is 36.2 Å². The van der Waals surface area contributed by atoms with Crippen LogP contribution in [0.4, 0.5) is 32.0 Å². The molecule has 0 spiro atoms. The van der Waals surface area contributed by atoms with Crippen LogP contribution in [-0.2, 0) is 11.0 Å². The standard InChI is InChI=1S/C19H15F6NO3/c20-18(21,22)10-29-14-3-1-2-11(8-14)15-9-16(27)17(28)26(15)13-6-4-12(5-7-13)19(23,24)25/h1-8,15-16,27H,9-10H2. The Morgan fingerprint density at radius 1 is 1.03 bits per heavy atom. The van der Waals surface area contributed by atoms with Crippen LogP contribution in [0.2, 0.25) is 0 Å². The van der Waals surface area contributed by atoms with Crippen molar-refractivity contribution in [3.05, 3.63) is 59.7 Å². The van der Waals surface area contributed by atoms with Crippen molar-refractivity contribution in [1.82, 2.24) is 0 Å². The average Bonchev–Trinajstić information content (AvgIpc) is 2.94. The van der Waals surface area contributed by atoms with Gasteiger partial charge in [-0.3, -0.25) is 4.79 Å². The van der Waals surface area contributed by atoms with Gasteiger partial charge in [0.2, 0.25) is 0 Å². The molecule has 2 aromatic carbocycles. The molecular weight excluding hydrogens is 404 g/mol. The number of amides is 1. The molecule has 0 bridgehead atoms. The number of ether oxygens (including phenoxy) is 1. The highest BCUT2D eigenvalue weighted by Gasteiger charge is 2.41. The van der Waals surface area contributed by atoms with E-state index in [-0.39, 0.29) is 17.9 Å². The largest absolute Gasteiger partial charge is 0.484 e. The van der Waals surface area contributed by atoms with Crippen molar-refractivity contribution in [2.75, 3.05) is 11.5 Å². The molecule has 1 aliphatic rings. The Hall–Kier alpha value is -2.75. The van der Waals surface area contributed by atoms with Gasteiger partial charge >= 0.3 is 12.4 Å². The molecule has 2 unspecified atom stereocenters. The second-order valence-corrected chi connectivity index (χ2v) is 6.50. The van der Waals surface area contributed by atoms with Crippen LogP contribution in [0.15, 0.2) is 48.5 Å². The number of alkyl halides is 6. The number of nitrogens with zero attached hydrogens (tertiary/aromatic N) is 1. The Balaban J connectivity index is 1.89. The topological polar surface area (TPSA) is 49.8 Å². The number of aliphatic hydroxyl groups excluding tert-OH is 1. The number of benzene rings is 2. The van der Waals surface area contributed by atoms with Gasteiger partial charge < -0.3 is 14.7 Å². The van der Waals surface area contributed by atoms with Gasteiger partial charge in [-0.2, -0.15) is 26.3 Å². The highest BCUT2D eigenvalue weighted by molar-refractivity contribution is 5.99. The van der Waals surface area contributed by atoms with E-state index in [1.807, 2.05) is 0 Å². The third kappa shape index (κ3) is 4.81. The van der Waals surface area contributed by atoms with Gasteiger partial charge in [-0.25, -0.2) is 0 Å². The number of hydrogen-bond acceptors (Lipinski definition) is 3. The van der Waals surface area contributed by atoms with Crippen LogP contribution in [0.3, 0.4) is 0 Å². The van der Waals surface area contributed by atoms with Gasteiger partial charge in [-0.1, -0.05) is 12.1 Å². The summed E-state index contributed by atoms with van der Waals surface area (Å²) in [6, 6.07) is 8.65. The third-order valence-electron chi connectivity index (χ3n) is 4.40. The Morgan fingerprint density at radius 2 is 1.69 bits per heavy atom. The van der Waals surface area contributed by atoms with Crippen molar-refractivity contribution >= 4 is 11.6 Å². The molecule has 2 atom stereocenters. The number of anilines is 1. The summed E-state index contributed by atoms with van der Waals surface area (Å²) < 4.78 is 80.1. The summed E-state index contributed by atoms with van der Waals surface area (Å²) in [5.74, 6) is -0.794. The molecule has 0 aliphatic carbocycles. The lowest BCUT2D eigenvalue weighted by Gasteiger charge is -2.25. The molecule has 1 fully saturated rings. The van der Waals surface area contributed by atoms with Crippen molar-refractivity contribution in [3.63, 3.8) is 0 Å². The molecule has 1 saturated heterocycles. The molecular formula is C19H15F6NO3. The molecule has 10 heteroatoms. The first-order valence-electron chi connectivity index (χ1n) is 8.43. The summed E-state index contributed by atoms with van der Waals surface area (Å²) in [5, 5.41) is 9.97. The molecule has 0 radical (unpaired) electrons. The van der Waals surface area contributed by atoms with Gasteiger partial charge in [0.15, 0.2) is 6.61 Å². The molecule has 2 aromatic rings. The fourth-order valence-corrected chi connectivity index (χ4v) is 3.11. The van der Waals surface area contributed by atoms with Gasteiger partial charge in [0.1, 0.15) is 11.9 Å². The van der Waals surface area contributed by atoms with E-state index in [0.29, 0.717) is 5.56 Å². The molecule has 1 N–H and O–H groups in total. The fraction of sp³-hybridized carbons (Fsp3) is 0.316. The minimum absolute atomic E-state index is 0.0669. The highest BCUT2D eigenvalue weighted by Crippen LogP contribution is 2.39. The van der Waals surface area contributed by atoms with Crippen molar-refractivity contribution in [1.29, 1.82) is 0 Å². The summed E-state index contributed by atoms with van der Waals surface area (Å²) in [4.78, 5) is 13.5. The molecule has 0 saturated carbocycles. The molecule has 3 rings (SSSR count). The SMILES string of the molecule is O=C1C(O)CC(c2cccc(OCC(F)(F)F)c2)N1c1ccc(C(F)(F)F)cc1. The summed E-state index contributed by atoms with van der Waals surface area (Å²) in [7, 11) is 0. The molecule has 29 heavy (non-hydrogen) atoms. The van der Waals surface area contributed by atoms with Gasteiger partial charge in [0.05, 0.1) is 11.6 Å². The lowest BCUT2D eigenvalue weighted by molar-refractivity contribution is -0.153. The lowest BCUT2D eigenvalue weighted by atomic mass is 10.0. The predicted molar refractivity (Wildman–Crippen MR) is 90.3 cm³/mol. The quantitative estimate of drug-likeness (QED) is 0.744. The van der Waals surface area contributed by atoms with Crippen LogP contribution < -0.4 is 9.64 Å². The van der Waals surface area contributed by atoms with E-state index >= 15 is 0 Å². The van der Waals surface area contributed by atoms with Crippen molar-refractivity contribution < 1.29 is 41.0 Å². The van der Waals surface area contributed by atoms with E-state index in [4.69, 9.17) is 4.74 Å². The van der Waals surface area contributed by atoms with Crippen LogP contribution in [0, 0.1) is 0 Å². The number of carbonyl (C=O) groups is 1. The van der Waals surface area contributed by atoms with Crippen molar-refractivity contribution in [2.24, 2.45) is 0 Å². The van der Waals surface area contributed by atoms with Crippen LogP contribution in [0.25, 0.3) is 0 Å². The molecule has 1 amide bonds. The number of rotatable bonds is 4. The smallest absolute Gasteiger partial charge is 0.422 e. The second kappa shape index (κ2) is 7.58. The molecule has 156 valence electrons. The maximum atomic E-state index is 12.8. The normalized spacial score (nSPS) is 20.2. The summed E-state index contributed by atoms with van der Waals surface area (Å²) in [5.41, 5.74) is -0.381. The minimum atomic E-state index is -4.55. The van der Waals surface area contributed by atoms with Crippen LogP contribution in [-0.4, -0.2) is 29.9 Å². The molecule has 4 nitrogen and oxygen atoms in total. The van der Waals surface area contributed by atoms with Crippen LogP contribution >= 0.6 is 0 Å². The Labute approximate surface area is 161 Å². The lowest BCUT2D eigenvalue weighted by Crippen LogP contribution is -2.31. The Kier molecular flexibility index (Phi) is 5.48. The first-order valence-corrected chi connectivity index (χ1v) is 8.43. The highest BCUT2D eigenvalue weighted by atomic mass is 19.4. The van der Waals surface area contributed by atoms with E-state index in [1.165, 1.54) is 24.3 Å². The Morgan fingerprint density at radius 3 is 2.28 bits per heavy atom. The van der Waals surface area contributed by atoms with E-state index in [0.717, 1.165) is 29.2 Å². The summed E-state index contributed by atoms with van der Waals surface area (Å²) in [6.07, 6.45) is -10.5. The van der Waals surface area contributed by atoms with E-state index in [1.54, 1.807) is 0 Å². The van der Waals surface area contributed by atoms with Gasteiger partial charge in [-0.15, -0.1) is 0 Å². The maximum absolute atomic E-state index is 12.8. The monoisotopic (exact) mass is 419 g/mol. The molecule has 1 aliphatic heterocycles. The first-order chi connectivity index (χ1) is 13.5. The van der Waals surface area contributed by atoms with Gasteiger partial charge in [0.25, 0.3) is 5.91 Å². The number of hydrogen-bond donors (Lipinski definition) is 1. The third-order valence-corrected chi connectivity index (χ3v) is 4.40. The van der Waals surface area contributed by atoms with Crippen LogP contribution in [0.1, 0.15) is 23.6 Å². The molecule has 1 heterocycles. The second-order valence-electron chi connectivity index (χ2n) is 6.50. The average molecular weight is 419 g/mol. The fourth-order valence-electron chi connectivity index (χ4n) is 3.11. The zero-order valence-corrected chi connectivity index (χ0v) is 14.7. The zero-order chi connectivity index (χ0) is 21.4. The summed E-state index contributed by atoms with van der Waals surface area (Å²) >= 11 is 0. The maximum Gasteiger partial charge on any atom is 0.422 e.